The zero-order valence-corrected chi connectivity index (χ0v) is 5.59. The fourth-order valence-electron chi connectivity index (χ4n) is 0.836. The molecule has 0 aromatic carbocycles. The van der Waals surface area contributed by atoms with E-state index in [1.807, 2.05) is 18.4 Å². The van der Waals surface area contributed by atoms with Crippen molar-refractivity contribution in [2.75, 3.05) is 0 Å². The zero-order valence-electron chi connectivity index (χ0n) is 5.59. The summed E-state index contributed by atoms with van der Waals surface area (Å²) in [4.78, 5) is 0. The highest BCUT2D eigenvalue weighted by atomic mass is 15.0. The van der Waals surface area contributed by atoms with Crippen molar-refractivity contribution in [3.05, 3.63) is 23.9 Å². The minimum atomic E-state index is 0.0185. The van der Waals surface area contributed by atoms with Gasteiger partial charge in [0.1, 0.15) is 0 Å². The molecule has 1 rings (SSSR count). The van der Waals surface area contributed by atoms with Crippen molar-refractivity contribution in [3.8, 4) is 0 Å². The maximum Gasteiger partial charge on any atom is 0.0936 e. The summed E-state index contributed by atoms with van der Waals surface area (Å²) < 4.78 is 0. The topological polar surface area (TPSA) is 38.0 Å². The highest BCUT2D eigenvalue weighted by Crippen LogP contribution is 2.05. The molecule has 0 amide bonds. The quantitative estimate of drug-likeness (QED) is 0.540. The summed E-state index contributed by atoms with van der Waals surface area (Å²) in [5, 5.41) is 2.97. The zero-order chi connectivity index (χ0) is 6.69. The first kappa shape index (κ1) is 6.36. The van der Waals surface area contributed by atoms with Crippen LogP contribution >= 0.6 is 0 Å². The molecule has 0 aromatic rings. The molecule has 1 heterocycles. The molecule has 1 atom stereocenters. The molecule has 0 aliphatic carbocycles. The van der Waals surface area contributed by atoms with Crippen molar-refractivity contribution in [2.45, 2.75) is 19.5 Å². The van der Waals surface area contributed by atoms with Gasteiger partial charge in [-0.2, -0.15) is 0 Å². The third kappa shape index (κ3) is 1.57. The summed E-state index contributed by atoms with van der Waals surface area (Å²) >= 11 is 0. The van der Waals surface area contributed by atoms with Gasteiger partial charge in [0.2, 0.25) is 0 Å². The molecule has 1 unspecified atom stereocenters. The maximum atomic E-state index is 5.56. The van der Waals surface area contributed by atoms with Crippen molar-refractivity contribution in [1.82, 2.24) is 5.32 Å². The highest BCUT2D eigenvalue weighted by molar-refractivity contribution is 5.23. The number of dihydropyridines is 1. The first-order chi connectivity index (χ1) is 4.33. The lowest BCUT2D eigenvalue weighted by molar-refractivity contribution is 0.716. The Bertz CT molecular complexity index is 147. The van der Waals surface area contributed by atoms with Crippen LogP contribution < -0.4 is 11.1 Å². The first-order valence-electron chi connectivity index (χ1n) is 3.22. The molecule has 9 heavy (non-hydrogen) atoms. The third-order valence-corrected chi connectivity index (χ3v) is 1.39. The second-order valence-corrected chi connectivity index (χ2v) is 2.12. The molecule has 2 heteroatoms. The van der Waals surface area contributed by atoms with Crippen molar-refractivity contribution in [3.63, 3.8) is 0 Å². The fraction of sp³-hybridized carbons (Fsp3) is 0.429. The molecule has 2 nitrogen and oxygen atoms in total. The molecule has 0 saturated heterocycles. The van der Waals surface area contributed by atoms with E-state index in [0.29, 0.717) is 0 Å². The van der Waals surface area contributed by atoms with Gasteiger partial charge in [0.15, 0.2) is 0 Å². The minimum Gasteiger partial charge on any atom is -0.373 e. The summed E-state index contributed by atoms with van der Waals surface area (Å²) in [6.45, 7) is 2.12. The summed E-state index contributed by atoms with van der Waals surface area (Å²) in [6, 6.07) is 0. The number of hydrogen-bond acceptors (Lipinski definition) is 2. The lowest BCUT2D eigenvalue weighted by Crippen LogP contribution is -2.33. The molecule has 3 N–H and O–H groups in total. The predicted octanol–water partition coefficient (Wildman–Crippen LogP) is 0.725. The lowest BCUT2D eigenvalue weighted by Gasteiger charge is -2.12. The van der Waals surface area contributed by atoms with Crippen molar-refractivity contribution < 1.29 is 0 Å². The van der Waals surface area contributed by atoms with Gasteiger partial charge >= 0.3 is 0 Å². The van der Waals surface area contributed by atoms with E-state index in [1.165, 1.54) is 5.57 Å². The molecule has 50 valence electrons. The van der Waals surface area contributed by atoms with E-state index in [0.717, 1.165) is 6.42 Å². The van der Waals surface area contributed by atoms with E-state index in [9.17, 15) is 0 Å². The molecular weight excluding hydrogens is 112 g/mol. The van der Waals surface area contributed by atoms with Crippen LogP contribution in [0.3, 0.4) is 0 Å². The minimum absolute atomic E-state index is 0.0185. The van der Waals surface area contributed by atoms with Crippen molar-refractivity contribution in [1.29, 1.82) is 0 Å². The van der Waals surface area contributed by atoms with Gasteiger partial charge in [-0.05, 0) is 30.3 Å². The molecule has 0 aromatic heterocycles. The Labute approximate surface area is 55.4 Å². The molecule has 1 aliphatic rings. The summed E-state index contributed by atoms with van der Waals surface area (Å²) in [5.74, 6) is 0. The van der Waals surface area contributed by atoms with Crippen LogP contribution in [0.5, 0.6) is 0 Å². The largest absolute Gasteiger partial charge is 0.373 e. The first-order valence-corrected chi connectivity index (χ1v) is 3.22. The van der Waals surface area contributed by atoms with E-state index in [4.69, 9.17) is 5.73 Å². The summed E-state index contributed by atoms with van der Waals surface area (Å²) in [6.07, 6.45) is 7.04. The SMILES string of the molecule is CCC1=CC(N)NC=C1. The van der Waals surface area contributed by atoms with E-state index < -0.39 is 0 Å². The Kier molecular flexibility index (Phi) is 1.90. The van der Waals surface area contributed by atoms with Crippen LogP contribution in [0.2, 0.25) is 0 Å². The second-order valence-electron chi connectivity index (χ2n) is 2.12. The Balaban J connectivity index is 2.59. The van der Waals surface area contributed by atoms with Crippen LogP contribution in [0.1, 0.15) is 13.3 Å². The van der Waals surface area contributed by atoms with Gasteiger partial charge in [-0.1, -0.05) is 6.92 Å². The van der Waals surface area contributed by atoms with Gasteiger partial charge in [-0.3, -0.25) is 0 Å². The average molecular weight is 124 g/mol. The van der Waals surface area contributed by atoms with Gasteiger partial charge < -0.3 is 11.1 Å². The van der Waals surface area contributed by atoms with E-state index in [1.54, 1.807) is 0 Å². The van der Waals surface area contributed by atoms with Gasteiger partial charge in [0.25, 0.3) is 0 Å². The van der Waals surface area contributed by atoms with Gasteiger partial charge in [-0.15, -0.1) is 0 Å². The van der Waals surface area contributed by atoms with Crippen molar-refractivity contribution in [2.24, 2.45) is 5.73 Å². The average Bonchev–Trinajstić information content (AvgIpc) is 1.88. The van der Waals surface area contributed by atoms with Gasteiger partial charge in [-0.25, -0.2) is 0 Å². The molecule has 0 saturated carbocycles. The smallest absolute Gasteiger partial charge is 0.0936 e. The molecule has 0 radical (unpaired) electrons. The lowest BCUT2D eigenvalue weighted by atomic mass is 10.1. The summed E-state index contributed by atoms with van der Waals surface area (Å²) in [7, 11) is 0. The molecule has 0 bridgehead atoms. The normalized spacial score (nSPS) is 25.1. The van der Waals surface area contributed by atoms with Gasteiger partial charge in [0, 0.05) is 0 Å². The predicted molar refractivity (Wildman–Crippen MR) is 38.6 cm³/mol. The Morgan fingerprint density at radius 1 is 1.78 bits per heavy atom. The highest BCUT2D eigenvalue weighted by Gasteiger charge is 1.99. The molecule has 1 aliphatic heterocycles. The molecular formula is C7H12N2. The van der Waals surface area contributed by atoms with Crippen LogP contribution in [0.25, 0.3) is 0 Å². The number of allylic oxidation sites excluding steroid dienone is 2. The van der Waals surface area contributed by atoms with Gasteiger partial charge in [0.05, 0.1) is 6.17 Å². The number of hydrogen-bond donors (Lipinski definition) is 2. The molecule has 0 fully saturated rings. The summed E-state index contributed by atoms with van der Waals surface area (Å²) in [5.41, 5.74) is 6.87. The van der Waals surface area contributed by atoms with E-state index in [2.05, 4.69) is 12.2 Å². The standard InChI is InChI=1S/C7H12N2/c1-2-6-3-4-9-7(8)5-6/h3-5,7,9H,2,8H2,1H3. The monoisotopic (exact) mass is 124 g/mol. The number of nitrogens with two attached hydrogens (primary N) is 1. The second kappa shape index (κ2) is 2.69. The Morgan fingerprint density at radius 2 is 2.56 bits per heavy atom. The van der Waals surface area contributed by atoms with Crippen molar-refractivity contribution >= 4 is 0 Å². The number of rotatable bonds is 1. The fourth-order valence-corrected chi connectivity index (χ4v) is 0.836. The maximum absolute atomic E-state index is 5.56. The Hall–Kier alpha value is -0.760. The van der Waals surface area contributed by atoms with E-state index >= 15 is 0 Å². The third-order valence-electron chi connectivity index (χ3n) is 1.39. The van der Waals surface area contributed by atoms with Crippen LogP contribution in [-0.4, -0.2) is 6.17 Å². The molecule has 0 spiro atoms. The van der Waals surface area contributed by atoms with Crippen LogP contribution in [0.4, 0.5) is 0 Å². The van der Waals surface area contributed by atoms with Crippen LogP contribution in [0, 0.1) is 0 Å². The number of nitrogens with one attached hydrogen (secondary N) is 1. The van der Waals surface area contributed by atoms with E-state index in [-0.39, 0.29) is 6.17 Å². The Morgan fingerprint density at radius 3 is 3.00 bits per heavy atom. The van der Waals surface area contributed by atoms with Crippen LogP contribution in [0.15, 0.2) is 23.9 Å². The van der Waals surface area contributed by atoms with Crippen LogP contribution in [-0.2, 0) is 0 Å².